The number of aromatic nitrogens is 2. The molecule has 2 fully saturated rings. The molecule has 0 spiro atoms. The van der Waals surface area contributed by atoms with Crippen LogP contribution in [0.4, 0.5) is 5.69 Å². The number of pyridine rings is 2. The van der Waals surface area contributed by atoms with Crippen molar-refractivity contribution in [1.29, 1.82) is 0 Å². The first-order valence-electron chi connectivity index (χ1n) is 9.71. The molecule has 2 aliphatic heterocycles. The van der Waals surface area contributed by atoms with Gasteiger partial charge in [-0.1, -0.05) is 0 Å². The Bertz CT molecular complexity index is 844. The summed E-state index contributed by atoms with van der Waals surface area (Å²) in [5.41, 5.74) is 0.814. The second-order valence-corrected chi connectivity index (χ2v) is 7.67. The molecule has 0 bridgehead atoms. The van der Waals surface area contributed by atoms with Crippen LogP contribution in [0.5, 0.6) is 0 Å². The number of carbonyl (C=O) groups is 2. The molecule has 0 aliphatic carbocycles. The van der Waals surface area contributed by atoms with Crippen molar-refractivity contribution in [3.63, 3.8) is 0 Å². The van der Waals surface area contributed by atoms with Gasteiger partial charge in [-0.2, -0.15) is 0 Å². The van der Waals surface area contributed by atoms with E-state index >= 15 is 0 Å². The Balaban J connectivity index is 1.55. The molecule has 7 nitrogen and oxygen atoms in total. The van der Waals surface area contributed by atoms with E-state index in [2.05, 4.69) is 27.2 Å². The van der Waals surface area contributed by atoms with E-state index in [1.807, 2.05) is 17.0 Å². The van der Waals surface area contributed by atoms with Crippen LogP contribution in [0.25, 0.3) is 0 Å². The highest BCUT2D eigenvalue weighted by atomic mass is 16.2. The maximum atomic E-state index is 13.3. The lowest BCUT2D eigenvalue weighted by Gasteiger charge is -2.34. The zero-order valence-corrected chi connectivity index (χ0v) is 16.0. The highest BCUT2D eigenvalue weighted by Crippen LogP contribution is 2.44. The number of carbonyl (C=O) groups excluding carboxylic acids is 2. The number of anilines is 1. The maximum Gasteiger partial charge on any atom is 0.255 e. The topological polar surface area (TPSA) is 78.4 Å². The van der Waals surface area contributed by atoms with E-state index in [1.165, 1.54) is 0 Å². The van der Waals surface area contributed by atoms with Gasteiger partial charge in [0, 0.05) is 37.7 Å². The summed E-state index contributed by atoms with van der Waals surface area (Å²) in [7, 11) is 2.07. The van der Waals surface area contributed by atoms with Crippen molar-refractivity contribution in [1.82, 2.24) is 19.8 Å². The van der Waals surface area contributed by atoms with Crippen molar-refractivity contribution >= 4 is 17.5 Å². The van der Waals surface area contributed by atoms with E-state index in [0.29, 0.717) is 30.8 Å². The average Bonchev–Trinajstić information content (AvgIpc) is 2.93. The monoisotopic (exact) mass is 379 g/mol. The number of rotatable bonds is 3. The Morgan fingerprint density at radius 2 is 1.82 bits per heavy atom. The molecule has 2 saturated heterocycles. The van der Waals surface area contributed by atoms with E-state index in [-0.39, 0.29) is 17.9 Å². The lowest BCUT2D eigenvalue weighted by Crippen LogP contribution is -2.46. The molecule has 2 atom stereocenters. The van der Waals surface area contributed by atoms with Crippen molar-refractivity contribution in [2.24, 2.45) is 5.41 Å². The van der Waals surface area contributed by atoms with Crippen molar-refractivity contribution < 1.29 is 9.59 Å². The third kappa shape index (κ3) is 3.38. The van der Waals surface area contributed by atoms with Gasteiger partial charge in [-0.05, 0) is 57.1 Å². The zero-order valence-electron chi connectivity index (χ0n) is 16.0. The molecule has 2 aliphatic rings. The number of likely N-dealkylation sites (tertiary alicyclic amines) is 2. The fourth-order valence-electron chi connectivity index (χ4n) is 4.58. The van der Waals surface area contributed by atoms with Gasteiger partial charge in [0.05, 0.1) is 22.9 Å². The Morgan fingerprint density at radius 1 is 1.07 bits per heavy atom. The Kier molecular flexibility index (Phi) is 5.09. The van der Waals surface area contributed by atoms with Gasteiger partial charge in [-0.3, -0.25) is 19.6 Å². The summed E-state index contributed by atoms with van der Waals surface area (Å²) in [6.45, 7) is 2.10. The summed E-state index contributed by atoms with van der Waals surface area (Å²) in [5.74, 6) is 0.0177. The number of fused-ring (bicyclic) bond motifs is 1. The summed E-state index contributed by atoms with van der Waals surface area (Å²) in [4.78, 5) is 38.5. The number of hydrogen-bond acceptors (Lipinski definition) is 5. The van der Waals surface area contributed by atoms with Crippen LogP contribution in [0.2, 0.25) is 0 Å². The minimum atomic E-state index is -0.492. The normalized spacial score (nSPS) is 25.0. The van der Waals surface area contributed by atoms with E-state index in [4.69, 9.17) is 0 Å². The second kappa shape index (κ2) is 7.67. The minimum absolute atomic E-state index is 0.0152. The standard InChI is InChI=1S/C21H25N5O2/c1-25-12-7-21(20(28)24-17-5-3-10-23-15-17)8-13-26(11-6-18(21)25)19(27)16-4-2-9-22-14-16/h2-5,9-10,14-15,18H,6-8,11-13H2,1H3,(H,24,28)/t18-,21-/m0/s1. The molecule has 4 rings (SSSR count). The van der Waals surface area contributed by atoms with Crippen LogP contribution in [0.1, 0.15) is 29.6 Å². The third-order valence-electron chi connectivity index (χ3n) is 6.15. The zero-order chi connectivity index (χ0) is 19.6. The summed E-state index contributed by atoms with van der Waals surface area (Å²) in [6, 6.07) is 7.35. The van der Waals surface area contributed by atoms with E-state index in [9.17, 15) is 9.59 Å². The van der Waals surface area contributed by atoms with Gasteiger partial charge in [0.15, 0.2) is 0 Å². The lowest BCUT2D eigenvalue weighted by molar-refractivity contribution is -0.127. The van der Waals surface area contributed by atoms with Gasteiger partial charge in [0.2, 0.25) is 5.91 Å². The minimum Gasteiger partial charge on any atom is -0.339 e. The molecule has 2 amide bonds. The molecule has 4 heterocycles. The van der Waals surface area contributed by atoms with Crippen LogP contribution in [-0.4, -0.2) is 64.3 Å². The number of nitrogens with zero attached hydrogens (tertiary/aromatic N) is 4. The predicted octanol–water partition coefficient (Wildman–Crippen LogP) is 2.04. The molecule has 0 radical (unpaired) electrons. The molecule has 7 heteroatoms. The molecule has 0 aromatic carbocycles. The Morgan fingerprint density at radius 3 is 2.54 bits per heavy atom. The first-order valence-corrected chi connectivity index (χ1v) is 9.71. The van der Waals surface area contributed by atoms with Crippen LogP contribution in [0, 0.1) is 5.41 Å². The molecule has 0 saturated carbocycles. The highest BCUT2D eigenvalue weighted by molar-refractivity contribution is 5.97. The number of hydrogen-bond donors (Lipinski definition) is 1. The Labute approximate surface area is 164 Å². The Hall–Kier alpha value is -2.80. The fourth-order valence-corrected chi connectivity index (χ4v) is 4.58. The molecule has 2 aromatic heterocycles. The first-order chi connectivity index (χ1) is 13.6. The average molecular weight is 379 g/mol. The van der Waals surface area contributed by atoms with E-state index in [1.54, 1.807) is 36.9 Å². The van der Waals surface area contributed by atoms with Crippen LogP contribution in [-0.2, 0) is 4.79 Å². The van der Waals surface area contributed by atoms with Crippen molar-refractivity contribution in [3.05, 3.63) is 54.6 Å². The van der Waals surface area contributed by atoms with Gasteiger partial charge in [0.25, 0.3) is 5.91 Å². The summed E-state index contributed by atoms with van der Waals surface area (Å²) in [6.07, 6.45) is 8.85. The van der Waals surface area contributed by atoms with Gasteiger partial charge >= 0.3 is 0 Å². The van der Waals surface area contributed by atoms with Crippen molar-refractivity contribution in [2.75, 3.05) is 32.0 Å². The summed E-state index contributed by atoms with van der Waals surface area (Å²) in [5, 5.41) is 3.06. The van der Waals surface area contributed by atoms with Crippen molar-refractivity contribution in [3.8, 4) is 0 Å². The highest BCUT2D eigenvalue weighted by Gasteiger charge is 2.52. The second-order valence-electron chi connectivity index (χ2n) is 7.67. The molecule has 0 unspecified atom stereocenters. The maximum absolute atomic E-state index is 13.3. The van der Waals surface area contributed by atoms with Gasteiger partial charge in [0.1, 0.15) is 0 Å². The molecule has 2 aromatic rings. The van der Waals surface area contributed by atoms with E-state index < -0.39 is 5.41 Å². The number of amides is 2. The first kappa shape index (κ1) is 18.6. The van der Waals surface area contributed by atoms with E-state index in [0.717, 1.165) is 19.4 Å². The molecular formula is C21H25N5O2. The predicted molar refractivity (Wildman–Crippen MR) is 106 cm³/mol. The molecule has 1 N–H and O–H groups in total. The smallest absolute Gasteiger partial charge is 0.255 e. The van der Waals surface area contributed by atoms with Crippen LogP contribution in [0.3, 0.4) is 0 Å². The molecule has 146 valence electrons. The summed E-state index contributed by atoms with van der Waals surface area (Å²) < 4.78 is 0. The SMILES string of the molecule is CN1CC[C@]2(C(=O)Nc3cccnc3)CCN(C(=O)c3cccnc3)CC[C@H]12. The van der Waals surface area contributed by atoms with Crippen LogP contribution >= 0.6 is 0 Å². The molecular weight excluding hydrogens is 354 g/mol. The van der Waals surface area contributed by atoms with Gasteiger partial charge in [-0.15, -0.1) is 0 Å². The largest absolute Gasteiger partial charge is 0.339 e. The third-order valence-corrected chi connectivity index (χ3v) is 6.15. The van der Waals surface area contributed by atoms with Gasteiger partial charge in [-0.25, -0.2) is 0 Å². The number of nitrogens with one attached hydrogen (secondary N) is 1. The molecule has 28 heavy (non-hydrogen) atoms. The van der Waals surface area contributed by atoms with Crippen LogP contribution in [0.15, 0.2) is 49.1 Å². The van der Waals surface area contributed by atoms with Crippen LogP contribution < -0.4 is 5.32 Å². The summed E-state index contributed by atoms with van der Waals surface area (Å²) >= 11 is 0. The lowest BCUT2D eigenvalue weighted by atomic mass is 9.75. The fraction of sp³-hybridized carbons (Fsp3) is 0.429. The van der Waals surface area contributed by atoms with Crippen molar-refractivity contribution in [2.45, 2.75) is 25.3 Å². The van der Waals surface area contributed by atoms with Gasteiger partial charge < -0.3 is 15.1 Å². The quantitative estimate of drug-likeness (QED) is 0.883.